The topological polar surface area (TPSA) is 172 Å². The molecule has 11 nitrogen and oxygen atoms in total. The molecule has 0 aromatic rings. The van der Waals surface area contributed by atoms with Gasteiger partial charge in [-0.1, -0.05) is 217 Å². The maximum atomic E-state index is 12.7. The number of nitrogens with two attached hydrogens (primary N) is 1. The molecular formula is C56H102NO10P. The van der Waals surface area contributed by atoms with Crippen molar-refractivity contribution < 1.29 is 47.5 Å². The Bertz CT molecular complexity index is 1330. The van der Waals surface area contributed by atoms with Gasteiger partial charge in [-0.25, -0.2) is 4.57 Å². The summed E-state index contributed by atoms with van der Waals surface area (Å²) in [5.74, 6) is -2.38. The normalized spacial score (nSPS) is 13.8. The molecule has 0 aromatic carbocycles. The number of hydrogen-bond donors (Lipinski definition) is 3. The van der Waals surface area contributed by atoms with E-state index in [4.69, 9.17) is 29.4 Å². The van der Waals surface area contributed by atoms with Gasteiger partial charge in [0.1, 0.15) is 12.6 Å². The highest BCUT2D eigenvalue weighted by Gasteiger charge is 2.28. The molecule has 0 radical (unpaired) electrons. The smallest absolute Gasteiger partial charge is 0.472 e. The second-order valence-corrected chi connectivity index (χ2v) is 20.2. The Hall–Kier alpha value is -2.56. The first-order valence-electron chi connectivity index (χ1n) is 27.7. The lowest BCUT2D eigenvalue weighted by Crippen LogP contribution is -2.34. The van der Waals surface area contributed by atoms with Crippen molar-refractivity contribution in [3.8, 4) is 0 Å². The van der Waals surface area contributed by atoms with Crippen molar-refractivity contribution in [1.29, 1.82) is 0 Å². The third-order valence-electron chi connectivity index (χ3n) is 12.0. The van der Waals surface area contributed by atoms with Crippen LogP contribution in [0.3, 0.4) is 0 Å². The molecule has 4 N–H and O–H groups in total. The molecule has 0 saturated heterocycles. The standard InChI is InChI=1S/C56H102NO10P/c1-3-5-7-9-11-13-15-17-19-21-23-25-26-28-30-32-34-36-38-40-42-44-46-48-55(59)67-52(50-65-68(62,63)66-51-53(57)56(60)61)49-64-54(58)47-45-43-41-39-37-35-33-31-29-27-24-22-20-18-16-14-12-10-8-6-4-2/h15-18,21-24,52-53H,3-14,19-20,25-51,57H2,1-2H3,(H,60,61)(H,62,63)/b17-15-,18-16-,23-21-,24-22-. The van der Waals surface area contributed by atoms with Crippen molar-refractivity contribution in [1.82, 2.24) is 0 Å². The molecule has 0 aromatic heterocycles. The Morgan fingerprint density at radius 2 is 0.779 bits per heavy atom. The van der Waals surface area contributed by atoms with E-state index in [1.807, 2.05) is 0 Å². The molecule has 0 amide bonds. The van der Waals surface area contributed by atoms with Crippen molar-refractivity contribution >= 4 is 25.7 Å². The Labute approximate surface area is 415 Å². The van der Waals surface area contributed by atoms with Crippen molar-refractivity contribution in [3.63, 3.8) is 0 Å². The van der Waals surface area contributed by atoms with Gasteiger partial charge in [0.05, 0.1) is 13.2 Å². The second kappa shape index (κ2) is 50.8. The molecule has 68 heavy (non-hydrogen) atoms. The predicted molar refractivity (Wildman–Crippen MR) is 282 cm³/mol. The Kier molecular flexibility index (Phi) is 48.9. The fraction of sp³-hybridized carbons (Fsp3) is 0.804. The summed E-state index contributed by atoms with van der Waals surface area (Å²) in [7, 11) is -4.73. The van der Waals surface area contributed by atoms with Crippen LogP contribution in [-0.4, -0.2) is 59.9 Å². The van der Waals surface area contributed by atoms with E-state index < -0.39 is 51.1 Å². The van der Waals surface area contributed by atoms with Gasteiger partial charge in [0.25, 0.3) is 0 Å². The number of esters is 2. The quantitative estimate of drug-likeness (QED) is 0.0229. The molecule has 0 rings (SSSR count). The van der Waals surface area contributed by atoms with Gasteiger partial charge in [-0.2, -0.15) is 0 Å². The van der Waals surface area contributed by atoms with E-state index in [0.717, 1.165) is 57.8 Å². The van der Waals surface area contributed by atoms with Crippen LogP contribution < -0.4 is 5.73 Å². The minimum Gasteiger partial charge on any atom is -0.480 e. The number of ether oxygens (including phenoxy) is 2. The largest absolute Gasteiger partial charge is 0.480 e. The number of carboxylic acid groups (broad SMARTS) is 1. The highest BCUT2D eigenvalue weighted by atomic mass is 31.2. The summed E-state index contributed by atoms with van der Waals surface area (Å²) in [6, 6.07) is -1.52. The van der Waals surface area contributed by atoms with E-state index in [0.29, 0.717) is 12.8 Å². The monoisotopic (exact) mass is 980 g/mol. The van der Waals surface area contributed by atoms with Crippen LogP contribution >= 0.6 is 7.82 Å². The number of rotatable bonds is 52. The highest BCUT2D eigenvalue weighted by Crippen LogP contribution is 2.43. The molecule has 0 spiro atoms. The highest BCUT2D eigenvalue weighted by molar-refractivity contribution is 7.47. The number of carbonyl (C=O) groups excluding carboxylic acids is 2. The lowest BCUT2D eigenvalue weighted by atomic mass is 10.0. The summed E-state index contributed by atoms with van der Waals surface area (Å²) < 4.78 is 32.9. The first-order chi connectivity index (χ1) is 33.1. The van der Waals surface area contributed by atoms with E-state index in [9.17, 15) is 23.8 Å². The summed E-state index contributed by atoms with van der Waals surface area (Å²) >= 11 is 0. The minimum absolute atomic E-state index is 0.158. The molecule has 0 fully saturated rings. The molecule has 3 atom stereocenters. The third-order valence-corrected chi connectivity index (χ3v) is 13.0. The zero-order valence-corrected chi connectivity index (χ0v) is 44.3. The minimum atomic E-state index is -4.73. The van der Waals surface area contributed by atoms with Crippen molar-refractivity contribution in [3.05, 3.63) is 48.6 Å². The average molecular weight is 980 g/mol. The maximum absolute atomic E-state index is 12.7. The van der Waals surface area contributed by atoms with Crippen LogP contribution in [0.2, 0.25) is 0 Å². The van der Waals surface area contributed by atoms with E-state index >= 15 is 0 Å². The Balaban J connectivity index is 4.20. The molecule has 396 valence electrons. The molecule has 0 heterocycles. The van der Waals surface area contributed by atoms with Crippen molar-refractivity contribution in [2.45, 2.75) is 270 Å². The van der Waals surface area contributed by atoms with E-state index in [2.05, 4.69) is 62.5 Å². The van der Waals surface area contributed by atoms with Crippen molar-refractivity contribution in [2.75, 3.05) is 19.8 Å². The maximum Gasteiger partial charge on any atom is 0.472 e. The molecule has 0 aliphatic carbocycles. The van der Waals surface area contributed by atoms with E-state index in [1.165, 1.54) is 161 Å². The van der Waals surface area contributed by atoms with Crippen LogP contribution in [0.15, 0.2) is 48.6 Å². The number of unbranched alkanes of at least 4 members (excludes halogenated alkanes) is 30. The van der Waals surface area contributed by atoms with Crippen LogP contribution in [0.25, 0.3) is 0 Å². The third kappa shape index (κ3) is 49.8. The summed E-state index contributed by atoms with van der Waals surface area (Å²) in [5, 5.41) is 8.94. The Morgan fingerprint density at radius 1 is 0.456 bits per heavy atom. The first kappa shape index (κ1) is 65.4. The van der Waals surface area contributed by atoms with Crippen LogP contribution in [0.1, 0.15) is 258 Å². The van der Waals surface area contributed by atoms with Gasteiger partial charge in [-0.3, -0.25) is 23.4 Å². The van der Waals surface area contributed by atoms with E-state index in [-0.39, 0.29) is 19.4 Å². The van der Waals surface area contributed by atoms with Crippen molar-refractivity contribution in [2.24, 2.45) is 5.73 Å². The van der Waals surface area contributed by atoms with E-state index in [1.54, 1.807) is 0 Å². The van der Waals surface area contributed by atoms with Gasteiger partial charge < -0.3 is 25.2 Å². The average Bonchev–Trinajstić information content (AvgIpc) is 3.32. The second-order valence-electron chi connectivity index (χ2n) is 18.7. The first-order valence-corrected chi connectivity index (χ1v) is 29.2. The summed E-state index contributed by atoms with van der Waals surface area (Å²) in [5.41, 5.74) is 5.36. The molecular weight excluding hydrogens is 878 g/mol. The van der Waals surface area contributed by atoms with Gasteiger partial charge in [0, 0.05) is 12.8 Å². The van der Waals surface area contributed by atoms with Crippen LogP contribution in [0, 0.1) is 0 Å². The molecule has 0 bridgehead atoms. The number of allylic oxidation sites excluding steroid dienone is 8. The summed E-state index contributed by atoms with van der Waals surface area (Å²) in [4.78, 5) is 46.3. The summed E-state index contributed by atoms with van der Waals surface area (Å²) in [6.45, 7) is 2.82. The zero-order chi connectivity index (χ0) is 49.9. The fourth-order valence-corrected chi connectivity index (χ4v) is 8.49. The Morgan fingerprint density at radius 3 is 1.15 bits per heavy atom. The number of carbonyl (C=O) groups is 3. The van der Waals surface area contributed by atoms with Crippen LogP contribution in [0.5, 0.6) is 0 Å². The number of phosphoric acid groups is 1. The van der Waals surface area contributed by atoms with Gasteiger partial charge in [0.15, 0.2) is 6.10 Å². The zero-order valence-electron chi connectivity index (χ0n) is 43.4. The predicted octanol–water partition coefficient (Wildman–Crippen LogP) is 16.1. The molecule has 12 heteroatoms. The van der Waals surface area contributed by atoms with Gasteiger partial charge in [-0.05, 0) is 77.0 Å². The summed E-state index contributed by atoms with van der Waals surface area (Å²) in [6.07, 6.45) is 60.3. The number of carboxylic acids is 1. The lowest BCUT2D eigenvalue weighted by Gasteiger charge is -2.20. The molecule has 0 aliphatic rings. The lowest BCUT2D eigenvalue weighted by molar-refractivity contribution is -0.161. The molecule has 3 unspecified atom stereocenters. The van der Waals surface area contributed by atoms with Crippen LogP contribution in [-0.2, 0) is 37.5 Å². The number of phosphoric ester groups is 1. The SMILES string of the molecule is CCCCCCC/C=C\C/C=C\CCCCCCCCCCCCCC(=O)OC(COC(=O)CCCCCCCCCCC/C=C\C/C=C\CCCCCCC)COP(=O)(O)OCC(N)C(=O)O. The molecule has 0 saturated carbocycles. The van der Waals surface area contributed by atoms with Gasteiger partial charge in [0.2, 0.25) is 0 Å². The fourth-order valence-electron chi connectivity index (χ4n) is 7.72. The number of aliphatic carboxylic acids is 1. The van der Waals surface area contributed by atoms with Gasteiger partial charge >= 0.3 is 25.7 Å². The van der Waals surface area contributed by atoms with Gasteiger partial charge in [-0.15, -0.1) is 0 Å². The van der Waals surface area contributed by atoms with Crippen LogP contribution in [0.4, 0.5) is 0 Å². The number of hydrogen-bond acceptors (Lipinski definition) is 9. The molecule has 0 aliphatic heterocycles.